The maximum Gasteiger partial charge on any atom is 0.139 e. The van der Waals surface area contributed by atoms with Crippen molar-refractivity contribution >= 4 is 5.82 Å². The lowest BCUT2D eigenvalue weighted by Gasteiger charge is -2.33. The van der Waals surface area contributed by atoms with E-state index in [1.54, 1.807) is 25.6 Å². The van der Waals surface area contributed by atoms with E-state index < -0.39 is 0 Å². The molecule has 3 heterocycles. The summed E-state index contributed by atoms with van der Waals surface area (Å²) in [5.74, 6) is 1.21. The van der Waals surface area contributed by atoms with Gasteiger partial charge in [-0.05, 0) is 49.9 Å². The summed E-state index contributed by atoms with van der Waals surface area (Å²) in [4.78, 5) is 18.7. The number of aryl methyl sites for hydroxylation is 2. The van der Waals surface area contributed by atoms with Gasteiger partial charge in [-0.1, -0.05) is 6.07 Å². The number of rotatable bonds is 3. The highest BCUT2D eigenvalue weighted by atomic mass is 19.1. The van der Waals surface area contributed by atoms with E-state index in [2.05, 4.69) is 31.8 Å². The van der Waals surface area contributed by atoms with Crippen molar-refractivity contribution in [2.75, 3.05) is 18.0 Å². The van der Waals surface area contributed by atoms with E-state index in [0.717, 1.165) is 48.6 Å². The van der Waals surface area contributed by atoms with Gasteiger partial charge < -0.3 is 9.88 Å². The maximum atomic E-state index is 13.6. The van der Waals surface area contributed by atoms with Gasteiger partial charge in [0, 0.05) is 36.5 Å². The monoisotopic (exact) mass is 351 g/mol. The van der Waals surface area contributed by atoms with Crippen LogP contribution in [0.1, 0.15) is 35.7 Å². The molecule has 5 nitrogen and oxygen atoms in total. The summed E-state index contributed by atoms with van der Waals surface area (Å²) < 4.78 is 13.6. The number of anilines is 1. The van der Waals surface area contributed by atoms with E-state index in [1.165, 1.54) is 11.8 Å². The summed E-state index contributed by atoms with van der Waals surface area (Å²) >= 11 is 0. The molecule has 134 valence electrons. The molecule has 0 spiro atoms. The Bertz CT molecular complexity index is 912. The molecular formula is C20H22FN5. The van der Waals surface area contributed by atoms with Gasteiger partial charge in [-0.15, -0.1) is 0 Å². The number of nitrogens with zero attached hydrogens (tertiary/aromatic N) is 4. The zero-order valence-electron chi connectivity index (χ0n) is 15.0. The second-order valence-electron chi connectivity index (χ2n) is 6.90. The fraction of sp³-hybridized carbons (Fsp3) is 0.350. The minimum absolute atomic E-state index is 0.192. The van der Waals surface area contributed by atoms with Crippen LogP contribution in [0.2, 0.25) is 0 Å². The molecule has 0 unspecified atom stereocenters. The first-order chi connectivity index (χ1) is 12.6. The maximum absolute atomic E-state index is 13.6. The van der Waals surface area contributed by atoms with Gasteiger partial charge in [0.1, 0.15) is 18.0 Å². The summed E-state index contributed by atoms with van der Waals surface area (Å²) in [6, 6.07) is 5.16. The van der Waals surface area contributed by atoms with E-state index in [1.807, 2.05) is 12.3 Å². The first kappa shape index (κ1) is 16.7. The van der Waals surface area contributed by atoms with Crippen LogP contribution in [0.15, 0.2) is 37.1 Å². The van der Waals surface area contributed by atoms with Crippen LogP contribution in [0.4, 0.5) is 10.2 Å². The van der Waals surface area contributed by atoms with Crippen LogP contribution in [0.3, 0.4) is 0 Å². The first-order valence-electron chi connectivity index (χ1n) is 8.95. The molecule has 1 aromatic carbocycles. The summed E-state index contributed by atoms with van der Waals surface area (Å²) in [7, 11) is 0. The molecule has 1 aliphatic rings. The third-order valence-electron chi connectivity index (χ3n) is 5.21. The topological polar surface area (TPSA) is 57.7 Å². The Labute approximate surface area is 152 Å². The fourth-order valence-corrected chi connectivity index (χ4v) is 3.74. The number of nitrogens with one attached hydrogen (secondary N) is 1. The van der Waals surface area contributed by atoms with Crippen LogP contribution in [0.5, 0.6) is 0 Å². The second kappa shape index (κ2) is 6.86. The zero-order valence-corrected chi connectivity index (χ0v) is 15.0. The van der Waals surface area contributed by atoms with Gasteiger partial charge in [0.2, 0.25) is 0 Å². The number of aromatic amines is 1. The Hall–Kier alpha value is -2.76. The van der Waals surface area contributed by atoms with E-state index in [-0.39, 0.29) is 5.82 Å². The largest absolute Gasteiger partial charge is 0.356 e. The number of aromatic nitrogens is 4. The molecule has 26 heavy (non-hydrogen) atoms. The summed E-state index contributed by atoms with van der Waals surface area (Å²) in [5.41, 5.74) is 4.87. The first-order valence-corrected chi connectivity index (χ1v) is 8.95. The highest BCUT2D eigenvalue weighted by Gasteiger charge is 2.25. The number of halogens is 1. The number of benzene rings is 1. The van der Waals surface area contributed by atoms with Crippen molar-refractivity contribution in [2.45, 2.75) is 32.6 Å². The summed E-state index contributed by atoms with van der Waals surface area (Å²) in [5, 5.41) is 0. The average Bonchev–Trinajstić information content (AvgIpc) is 3.10. The van der Waals surface area contributed by atoms with Gasteiger partial charge in [-0.2, -0.15) is 0 Å². The van der Waals surface area contributed by atoms with Crippen molar-refractivity contribution in [2.24, 2.45) is 0 Å². The molecule has 2 aromatic heterocycles. The standard InChI is InChI=1S/C20H22FN5/c1-13-9-16(3-4-18(13)21)17-10-22-11-25-20(17)26-7-5-15(6-8-26)19-14(2)23-12-24-19/h3-4,9-12,15H,5-8H2,1-2H3,(H,23,24). The lowest BCUT2D eigenvalue weighted by Crippen LogP contribution is -2.34. The minimum Gasteiger partial charge on any atom is -0.356 e. The zero-order chi connectivity index (χ0) is 18.1. The quantitative estimate of drug-likeness (QED) is 0.775. The van der Waals surface area contributed by atoms with E-state index in [0.29, 0.717) is 11.5 Å². The molecule has 6 heteroatoms. The molecule has 0 bridgehead atoms. The number of piperidine rings is 1. The predicted octanol–water partition coefficient (Wildman–Crippen LogP) is 4.01. The van der Waals surface area contributed by atoms with Crippen molar-refractivity contribution in [3.05, 3.63) is 59.8 Å². The Balaban J connectivity index is 1.58. The van der Waals surface area contributed by atoms with Crippen molar-refractivity contribution in [3.8, 4) is 11.1 Å². The van der Waals surface area contributed by atoms with Gasteiger partial charge in [0.25, 0.3) is 0 Å². The van der Waals surface area contributed by atoms with Crippen molar-refractivity contribution in [3.63, 3.8) is 0 Å². The average molecular weight is 351 g/mol. The predicted molar refractivity (Wildman–Crippen MR) is 99.7 cm³/mol. The van der Waals surface area contributed by atoms with E-state index in [9.17, 15) is 4.39 Å². The third-order valence-corrected chi connectivity index (χ3v) is 5.21. The molecule has 0 aliphatic carbocycles. The molecule has 0 saturated carbocycles. The molecule has 1 saturated heterocycles. The van der Waals surface area contributed by atoms with Crippen molar-refractivity contribution in [1.29, 1.82) is 0 Å². The van der Waals surface area contributed by atoms with Crippen LogP contribution in [0, 0.1) is 19.7 Å². The van der Waals surface area contributed by atoms with Crippen LogP contribution in [-0.4, -0.2) is 33.0 Å². The summed E-state index contributed by atoms with van der Waals surface area (Å²) in [6.07, 6.45) is 7.25. The molecule has 1 N–H and O–H groups in total. The SMILES string of the molecule is Cc1cc(-c2cncnc2N2CCC(c3nc[nH]c3C)CC2)ccc1F. The molecule has 0 radical (unpaired) electrons. The Morgan fingerprint density at radius 3 is 2.65 bits per heavy atom. The van der Waals surface area contributed by atoms with Crippen LogP contribution in [0.25, 0.3) is 11.1 Å². The summed E-state index contributed by atoms with van der Waals surface area (Å²) in [6.45, 7) is 5.69. The van der Waals surface area contributed by atoms with E-state index >= 15 is 0 Å². The van der Waals surface area contributed by atoms with Gasteiger partial charge in [-0.3, -0.25) is 0 Å². The molecule has 4 rings (SSSR count). The van der Waals surface area contributed by atoms with Gasteiger partial charge in [0.05, 0.1) is 12.0 Å². The minimum atomic E-state index is -0.192. The third kappa shape index (κ3) is 3.07. The number of hydrogen-bond donors (Lipinski definition) is 1. The normalized spacial score (nSPS) is 15.4. The Morgan fingerprint density at radius 2 is 1.96 bits per heavy atom. The molecular weight excluding hydrogens is 329 g/mol. The highest BCUT2D eigenvalue weighted by molar-refractivity contribution is 5.75. The van der Waals surface area contributed by atoms with E-state index in [4.69, 9.17) is 0 Å². The lowest BCUT2D eigenvalue weighted by molar-refractivity contribution is 0.493. The smallest absolute Gasteiger partial charge is 0.139 e. The van der Waals surface area contributed by atoms with Crippen molar-refractivity contribution < 1.29 is 4.39 Å². The highest BCUT2D eigenvalue weighted by Crippen LogP contribution is 2.34. The second-order valence-corrected chi connectivity index (χ2v) is 6.90. The molecule has 3 aromatic rings. The fourth-order valence-electron chi connectivity index (χ4n) is 3.74. The number of imidazole rings is 1. The molecule has 0 amide bonds. The van der Waals surface area contributed by atoms with Gasteiger partial charge >= 0.3 is 0 Å². The van der Waals surface area contributed by atoms with Crippen LogP contribution >= 0.6 is 0 Å². The Kier molecular flexibility index (Phi) is 4.41. The van der Waals surface area contributed by atoms with Gasteiger partial charge in [0.15, 0.2) is 0 Å². The van der Waals surface area contributed by atoms with Gasteiger partial charge in [-0.25, -0.2) is 19.3 Å². The molecule has 1 fully saturated rings. The molecule has 1 aliphatic heterocycles. The van der Waals surface area contributed by atoms with Crippen molar-refractivity contribution in [1.82, 2.24) is 19.9 Å². The number of hydrogen-bond acceptors (Lipinski definition) is 4. The number of H-pyrrole nitrogens is 1. The van der Waals surface area contributed by atoms with Crippen LogP contribution < -0.4 is 4.90 Å². The Morgan fingerprint density at radius 1 is 1.15 bits per heavy atom. The molecule has 0 atom stereocenters. The van der Waals surface area contributed by atoms with Crippen LogP contribution in [-0.2, 0) is 0 Å². The lowest BCUT2D eigenvalue weighted by atomic mass is 9.92.